The average molecular weight is 409 g/mol. The van der Waals surface area contributed by atoms with Crippen molar-refractivity contribution in [2.45, 2.75) is 6.42 Å². The van der Waals surface area contributed by atoms with Gasteiger partial charge in [0.2, 0.25) is 0 Å². The van der Waals surface area contributed by atoms with E-state index in [4.69, 9.17) is 0 Å². The molecule has 3 aromatic carbocycles. The fourth-order valence-corrected chi connectivity index (χ4v) is 3.58. The Balaban J connectivity index is 1.78. The van der Waals surface area contributed by atoms with Gasteiger partial charge < -0.3 is 5.32 Å². The molecule has 31 heavy (non-hydrogen) atoms. The molecule has 4 rings (SSSR count). The van der Waals surface area contributed by atoms with Crippen molar-refractivity contribution in [2.24, 2.45) is 7.05 Å². The predicted octanol–water partition coefficient (Wildman–Crippen LogP) is 4.09. The minimum absolute atomic E-state index is 0.107. The van der Waals surface area contributed by atoms with Crippen molar-refractivity contribution < 1.29 is 4.79 Å². The molecular weight excluding hydrogens is 386 g/mol. The maximum absolute atomic E-state index is 13.2. The van der Waals surface area contributed by atoms with Gasteiger partial charge in [-0.3, -0.25) is 9.59 Å². The Morgan fingerprint density at radius 1 is 0.839 bits per heavy atom. The number of benzene rings is 3. The summed E-state index contributed by atoms with van der Waals surface area (Å²) in [6.07, 6.45) is 0.685. The Labute approximate surface area is 181 Å². The van der Waals surface area contributed by atoms with Gasteiger partial charge in [0.15, 0.2) is 0 Å². The number of carbonyl (C=O) groups excluding carboxylic acids is 1. The molecule has 0 aliphatic heterocycles. The molecule has 0 saturated heterocycles. The third kappa shape index (κ3) is 4.46. The molecule has 1 heterocycles. The Hall–Kier alpha value is -3.99. The van der Waals surface area contributed by atoms with Gasteiger partial charge >= 0.3 is 0 Å². The van der Waals surface area contributed by atoms with E-state index in [-0.39, 0.29) is 5.56 Å². The summed E-state index contributed by atoms with van der Waals surface area (Å²) in [6, 6.07) is 29.0. The van der Waals surface area contributed by atoms with Crippen molar-refractivity contribution >= 4 is 5.91 Å². The quantitative estimate of drug-likeness (QED) is 0.522. The maximum Gasteiger partial charge on any atom is 0.280 e. The molecule has 0 radical (unpaired) electrons. The van der Waals surface area contributed by atoms with Gasteiger partial charge in [0.05, 0.1) is 5.69 Å². The van der Waals surface area contributed by atoms with E-state index in [2.05, 4.69) is 10.4 Å². The lowest BCUT2D eigenvalue weighted by Crippen LogP contribution is -2.35. The molecule has 4 aromatic rings. The van der Waals surface area contributed by atoms with Gasteiger partial charge in [0.25, 0.3) is 11.5 Å². The highest BCUT2D eigenvalue weighted by Gasteiger charge is 2.24. The zero-order valence-electron chi connectivity index (χ0n) is 17.3. The number of hydrogen-bond donors (Lipinski definition) is 1. The van der Waals surface area contributed by atoms with Crippen molar-refractivity contribution in [1.82, 2.24) is 15.1 Å². The maximum atomic E-state index is 13.2. The summed E-state index contributed by atoms with van der Waals surface area (Å²) in [6.45, 7) is 0.434. The van der Waals surface area contributed by atoms with Crippen LogP contribution in [0.2, 0.25) is 0 Å². The third-order valence-electron chi connectivity index (χ3n) is 5.12. The number of nitrogens with zero attached hydrogens (tertiary/aromatic N) is 2. The van der Waals surface area contributed by atoms with Gasteiger partial charge in [0.1, 0.15) is 5.56 Å². The van der Waals surface area contributed by atoms with Crippen LogP contribution in [0.25, 0.3) is 22.4 Å². The first kappa shape index (κ1) is 20.3. The van der Waals surface area contributed by atoms with Crippen LogP contribution in [0.15, 0.2) is 95.8 Å². The van der Waals surface area contributed by atoms with Crippen LogP contribution in [0.1, 0.15) is 15.9 Å². The molecule has 1 N–H and O–H groups in total. The van der Waals surface area contributed by atoms with Crippen LogP contribution >= 0.6 is 0 Å². The van der Waals surface area contributed by atoms with E-state index in [0.717, 1.165) is 16.7 Å². The molecule has 0 aliphatic carbocycles. The first-order chi connectivity index (χ1) is 15.1. The lowest BCUT2D eigenvalue weighted by atomic mass is 9.95. The van der Waals surface area contributed by atoms with E-state index >= 15 is 0 Å². The Morgan fingerprint density at radius 2 is 1.39 bits per heavy atom. The van der Waals surface area contributed by atoms with Gasteiger partial charge in [-0.1, -0.05) is 91.0 Å². The van der Waals surface area contributed by atoms with Gasteiger partial charge in [-0.2, -0.15) is 5.10 Å². The molecule has 5 nitrogen and oxygen atoms in total. The smallest absolute Gasteiger partial charge is 0.280 e. The van der Waals surface area contributed by atoms with Crippen LogP contribution in [-0.2, 0) is 13.5 Å². The molecule has 5 heteroatoms. The monoisotopic (exact) mass is 409 g/mol. The van der Waals surface area contributed by atoms with E-state index in [9.17, 15) is 9.59 Å². The number of aryl methyl sites for hydroxylation is 1. The van der Waals surface area contributed by atoms with Crippen molar-refractivity contribution in [2.75, 3.05) is 6.54 Å². The number of hydrogen-bond acceptors (Lipinski definition) is 3. The van der Waals surface area contributed by atoms with Crippen molar-refractivity contribution in [3.05, 3.63) is 112 Å². The highest BCUT2D eigenvalue weighted by atomic mass is 16.2. The zero-order valence-corrected chi connectivity index (χ0v) is 17.3. The number of nitrogens with one attached hydrogen (secondary N) is 1. The van der Waals surface area contributed by atoms with E-state index in [1.807, 2.05) is 91.0 Å². The molecule has 0 saturated carbocycles. The predicted molar refractivity (Wildman–Crippen MR) is 123 cm³/mol. The van der Waals surface area contributed by atoms with Gasteiger partial charge in [-0.05, 0) is 17.5 Å². The SMILES string of the molecule is Cn1nc(-c2ccccc2)c(-c2ccccc2)c(C(=O)NCCc2ccccc2)c1=O. The summed E-state index contributed by atoms with van der Waals surface area (Å²) in [5.41, 5.74) is 3.58. The lowest BCUT2D eigenvalue weighted by molar-refractivity contribution is 0.0952. The molecule has 0 bridgehead atoms. The number of carbonyl (C=O) groups is 1. The molecule has 0 aliphatic rings. The summed E-state index contributed by atoms with van der Waals surface area (Å²) >= 11 is 0. The van der Waals surface area contributed by atoms with Gasteiger partial charge in [0, 0.05) is 24.7 Å². The lowest BCUT2D eigenvalue weighted by Gasteiger charge is -2.16. The minimum atomic E-state index is -0.421. The summed E-state index contributed by atoms with van der Waals surface area (Å²) < 4.78 is 1.24. The second kappa shape index (κ2) is 9.22. The Morgan fingerprint density at radius 3 is 2.00 bits per heavy atom. The van der Waals surface area contributed by atoms with Crippen LogP contribution in [0, 0.1) is 0 Å². The summed E-state index contributed by atoms with van der Waals surface area (Å²) in [4.78, 5) is 26.3. The number of aromatic nitrogens is 2. The summed E-state index contributed by atoms with van der Waals surface area (Å²) in [7, 11) is 1.57. The van der Waals surface area contributed by atoms with Crippen LogP contribution in [0.5, 0.6) is 0 Å². The summed E-state index contributed by atoms with van der Waals surface area (Å²) in [5, 5.41) is 7.44. The number of amides is 1. The van der Waals surface area contributed by atoms with E-state index < -0.39 is 11.5 Å². The highest BCUT2D eigenvalue weighted by molar-refractivity contribution is 6.03. The van der Waals surface area contributed by atoms with Crippen molar-refractivity contribution in [3.8, 4) is 22.4 Å². The Kier molecular flexibility index (Phi) is 6.03. The second-order valence-electron chi connectivity index (χ2n) is 7.25. The third-order valence-corrected chi connectivity index (χ3v) is 5.12. The first-order valence-corrected chi connectivity index (χ1v) is 10.2. The fraction of sp³-hybridized carbons (Fsp3) is 0.115. The molecule has 0 fully saturated rings. The highest BCUT2D eigenvalue weighted by Crippen LogP contribution is 2.31. The van der Waals surface area contributed by atoms with Crippen molar-refractivity contribution in [3.63, 3.8) is 0 Å². The van der Waals surface area contributed by atoms with Crippen LogP contribution < -0.4 is 10.9 Å². The normalized spacial score (nSPS) is 10.6. The van der Waals surface area contributed by atoms with Crippen LogP contribution in [0.4, 0.5) is 0 Å². The molecular formula is C26H23N3O2. The topological polar surface area (TPSA) is 64.0 Å². The molecule has 0 atom stereocenters. The molecule has 154 valence electrons. The minimum Gasteiger partial charge on any atom is -0.352 e. The van der Waals surface area contributed by atoms with Crippen LogP contribution in [-0.4, -0.2) is 22.2 Å². The molecule has 0 unspecified atom stereocenters. The molecule has 1 amide bonds. The fourth-order valence-electron chi connectivity index (χ4n) is 3.58. The number of rotatable bonds is 6. The second-order valence-corrected chi connectivity index (χ2v) is 7.25. The van der Waals surface area contributed by atoms with E-state index in [1.54, 1.807) is 7.05 Å². The Bertz CT molecular complexity index is 1230. The van der Waals surface area contributed by atoms with Crippen molar-refractivity contribution in [1.29, 1.82) is 0 Å². The van der Waals surface area contributed by atoms with Gasteiger partial charge in [-0.25, -0.2) is 4.68 Å². The standard InChI is InChI=1S/C26H23N3O2/c1-29-26(31)23(25(30)27-18-17-19-11-5-2-6-12-19)22(20-13-7-3-8-14-20)24(28-29)21-15-9-4-10-16-21/h2-16H,17-18H2,1H3,(H,27,30). The van der Waals surface area contributed by atoms with E-state index in [0.29, 0.717) is 24.2 Å². The average Bonchev–Trinajstić information content (AvgIpc) is 2.82. The molecule has 1 aromatic heterocycles. The largest absolute Gasteiger partial charge is 0.352 e. The molecule has 0 spiro atoms. The van der Waals surface area contributed by atoms with Gasteiger partial charge in [-0.15, -0.1) is 0 Å². The zero-order chi connectivity index (χ0) is 21.6. The van der Waals surface area contributed by atoms with Crippen LogP contribution in [0.3, 0.4) is 0 Å². The summed E-state index contributed by atoms with van der Waals surface area (Å²) in [5.74, 6) is -0.394. The van der Waals surface area contributed by atoms with E-state index in [1.165, 1.54) is 4.68 Å². The first-order valence-electron chi connectivity index (χ1n) is 10.2.